The first-order valence-electron chi connectivity index (χ1n) is 5.97. The molecule has 0 bridgehead atoms. The van der Waals surface area contributed by atoms with Gasteiger partial charge in [0.05, 0.1) is 23.8 Å². The van der Waals surface area contributed by atoms with Crippen LogP contribution in [0.4, 0.5) is 5.69 Å². The predicted octanol–water partition coefficient (Wildman–Crippen LogP) is 1.29. The van der Waals surface area contributed by atoms with Gasteiger partial charge in [-0.15, -0.1) is 0 Å². The van der Waals surface area contributed by atoms with Crippen molar-refractivity contribution in [3.05, 3.63) is 29.8 Å². The molecule has 1 heterocycles. The van der Waals surface area contributed by atoms with Gasteiger partial charge in [0.2, 0.25) is 5.91 Å². The Bertz CT molecular complexity index is 453. The standard InChI is InChI=1S/C13H16N2O3/c14-13(17)10-5-1-2-6-11(10)15-12(16)8-9-4-3-7-18-9/h1-2,5-6,9H,3-4,7-8H2,(H2,14,17)(H,15,16). The average molecular weight is 248 g/mol. The fraction of sp³-hybridized carbons (Fsp3) is 0.385. The van der Waals surface area contributed by atoms with Crippen LogP contribution in [0.2, 0.25) is 0 Å². The lowest BCUT2D eigenvalue weighted by atomic mass is 10.1. The Labute approximate surface area is 105 Å². The number of hydrogen-bond donors (Lipinski definition) is 2. The molecule has 0 aliphatic carbocycles. The van der Waals surface area contributed by atoms with Crippen molar-refractivity contribution in [2.45, 2.75) is 25.4 Å². The summed E-state index contributed by atoms with van der Waals surface area (Å²) in [5, 5.41) is 2.70. The molecule has 96 valence electrons. The van der Waals surface area contributed by atoms with Gasteiger partial charge in [0, 0.05) is 6.61 Å². The monoisotopic (exact) mass is 248 g/mol. The van der Waals surface area contributed by atoms with Crippen LogP contribution in [-0.2, 0) is 9.53 Å². The minimum Gasteiger partial charge on any atom is -0.378 e. The second-order valence-electron chi connectivity index (χ2n) is 4.30. The van der Waals surface area contributed by atoms with Gasteiger partial charge >= 0.3 is 0 Å². The first-order valence-corrected chi connectivity index (χ1v) is 5.97. The van der Waals surface area contributed by atoms with E-state index < -0.39 is 5.91 Å². The van der Waals surface area contributed by atoms with Crippen LogP contribution < -0.4 is 11.1 Å². The summed E-state index contributed by atoms with van der Waals surface area (Å²) in [6, 6.07) is 6.70. The quantitative estimate of drug-likeness (QED) is 0.842. The lowest BCUT2D eigenvalue weighted by Crippen LogP contribution is -2.21. The molecule has 1 saturated heterocycles. The molecule has 2 rings (SSSR count). The lowest BCUT2D eigenvalue weighted by Gasteiger charge is -2.11. The van der Waals surface area contributed by atoms with E-state index in [-0.39, 0.29) is 12.0 Å². The van der Waals surface area contributed by atoms with Gasteiger partial charge in [0.25, 0.3) is 5.91 Å². The zero-order valence-corrected chi connectivity index (χ0v) is 10.0. The van der Waals surface area contributed by atoms with Gasteiger partial charge in [-0.3, -0.25) is 9.59 Å². The van der Waals surface area contributed by atoms with Gasteiger partial charge in [-0.05, 0) is 25.0 Å². The number of carbonyl (C=O) groups is 2. The van der Waals surface area contributed by atoms with Crippen LogP contribution in [0.15, 0.2) is 24.3 Å². The van der Waals surface area contributed by atoms with Crippen molar-refractivity contribution in [1.82, 2.24) is 0 Å². The van der Waals surface area contributed by atoms with Gasteiger partial charge < -0.3 is 15.8 Å². The summed E-state index contributed by atoms with van der Waals surface area (Å²) in [5.41, 5.74) is 6.01. The number of anilines is 1. The first kappa shape index (κ1) is 12.6. The SMILES string of the molecule is NC(=O)c1ccccc1NC(=O)CC1CCCO1. The van der Waals surface area contributed by atoms with E-state index >= 15 is 0 Å². The number of para-hydroxylation sites is 1. The van der Waals surface area contributed by atoms with Crippen LogP contribution in [0.5, 0.6) is 0 Å². The largest absolute Gasteiger partial charge is 0.378 e. The molecule has 2 amide bonds. The highest BCUT2D eigenvalue weighted by atomic mass is 16.5. The highest BCUT2D eigenvalue weighted by Gasteiger charge is 2.19. The Kier molecular flexibility index (Phi) is 3.94. The van der Waals surface area contributed by atoms with Crippen molar-refractivity contribution < 1.29 is 14.3 Å². The number of amides is 2. The number of carbonyl (C=O) groups excluding carboxylic acids is 2. The van der Waals surface area contributed by atoms with E-state index in [0.717, 1.165) is 19.4 Å². The maximum absolute atomic E-state index is 11.8. The number of rotatable bonds is 4. The molecule has 5 heteroatoms. The van der Waals surface area contributed by atoms with Crippen molar-refractivity contribution in [3.8, 4) is 0 Å². The zero-order chi connectivity index (χ0) is 13.0. The summed E-state index contributed by atoms with van der Waals surface area (Å²) in [4.78, 5) is 23.0. The Morgan fingerprint density at radius 2 is 2.17 bits per heavy atom. The van der Waals surface area contributed by atoms with Gasteiger partial charge in [-0.1, -0.05) is 12.1 Å². The molecular weight excluding hydrogens is 232 g/mol. The molecule has 1 aliphatic heterocycles. The minimum atomic E-state index is -0.553. The molecule has 5 nitrogen and oxygen atoms in total. The smallest absolute Gasteiger partial charge is 0.250 e. The second-order valence-corrected chi connectivity index (χ2v) is 4.30. The third-order valence-corrected chi connectivity index (χ3v) is 2.90. The normalized spacial score (nSPS) is 18.6. The van der Waals surface area contributed by atoms with E-state index in [0.29, 0.717) is 17.7 Å². The summed E-state index contributed by atoms with van der Waals surface area (Å²) >= 11 is 0. The molecule has 3 N–H and O–H groups in total. The topological polar surface area (TPSA) is 81.4 Å². The summed E-state index contributed by atoms with van der Waals surface area (Å²) in [6.07, 6.45) is 2.21. The summed E-state index contributed by atoms with van der Waals surface area (Å²) in [7, 11) is 0. The maximum atomic E-state index is 11.8. The van der Waals surface area contributed by atoms with Crippen molar-refractivity contribution in [2.24, 2.45) is 5.73 Å². The number of nitrogens with two attached hydrogens (primary N) is 1. The van der Waals surface area contributed by atoms with Gasteiger partial charge in [-0.25, -0.2) is 0 Å². The van der Waals surface area contributed by atoms with Crippen LogP contribution in [0.3, 0.4) is 0 Å². The van der Waals surface area contributed by atoms with E-state index in [9.17, 15) is 9.59 Å². The Hall–Kier alpha value is -1.88. The van der Waals surface area contributed by atoms with Crippen molar-refractivity contribution in [1.29, 1.82) is 0 Å². The Morgan fingerprint density at radius 1 is 1.39 bits per heavy atom. The lowest BCUT2D eigenvalue weighted by molar-refractivity contribution is -0.118. The molecule has 1 aromatic rings. The average Bonchev–Trinajstić information content (AvgIpc) is 2.82. The molecule has 0 aromatic heterocycles. The summed E-state index contributed by atoms with van der Waals surface area (Å²) < 4.78 is 5.39. The maximum Gasteiger partial charge on any atom is 0.250 e. The molecule has 1 unspecified atom stereocenters. The van der Waals surface area contributed by atoms with E-state index in [1.54, 1.807) is 24.3 Å². The number of hydrogen-bond acceptors (Lipinski definition) is 3. The van der Waals surface area contributed by atoms with Gasteiger partial charge in [0.1, 0.15) is 0 Å². The van der Waals surface area contributed by atoms with Gasteiger partial charge in [-0.2, -0.15) is 0 Å². The van der Waals surface area contributed by atoms with E-state index in [2.05, 4.69) is 5.32 Å². The number of ether oxygens (including phenoxy) is 1. The Balaban J connectivity index is 2.00. The summed E-state index contributed by atoms with van der Waals surface area (Å²) in [6.45, 7) is 0.718. The first-order chi connectivity index (χ1) is 8.66. The highest BCUT2D eigenvalue weighted by Crippen LogP contribution is 2.18. The van der Waals surface area contributed by atoms with Crippen molar-refractivity contribution in [2.75, 3.05) is 11.9 Å². The zero-order valence-electron chi connectivity index (χ0n) is 10.0. The van der Waals surface area contributed by atoms with Crippen LogP contribution in [0.25, 0.3) is 0 Å². The van der Waals surface area contributed by atoms with Crippen LogP contribution in [0.1, 0.15) is 29.6 Å². The molecule has 1 aromatic carbocycles. The second kappa shape index (κ2) is 5.64. The molecule has 0 spiro atoms. The third kappa shape index (κ3) is 3.07. The van der Waals surface area contributed by atoms with Crippen LogP contribution >= 0.6 is 0 Å². The predicted molar refractivity (Wildman–Crippen MR) is 67.2 cm³/mol. The number of nitrogens with one attached hydrogen (secondary N) is 1. The summed E-state index contributed by atoms with van der Waals surface area (Å²) in [5.74, 6) is -0.710. The minimum absolute atomic E-state index is 0.00857. The van der Waals surface area contributed by atoms with Crippen LogP contribution in [-0.4, -0.2) is 24.5 Å². The van der Waals surface area contributed by atoms with E-state index in [4.69, 9.17) is 10.5 Å². The van der Waals surface area contributed by atoms with Crippen LogP contribution in [0, 0.1) is 0 Å². The molecular formula is C13H16N2O3. The van der Waals surface area contributed by atoms with Crippen molar-refractivity contribution >= 4 is 17.5 Å². The fourth-order valence-corrected chi connectivity index (χ4v) is 2.02. The van der Waals surface area contributed by atoms with Crippen molar-refractivity contribution in [3.63, 3.8) is 0 Å². The Morgan fingerprint density at radius 3 is 2.83 bits per heavy atom. The molecule has 0 radical (unpaired) electrons. The van der Waals surface area contributed by atoms with E-state index in [1.165, 1.54) is 0 Å². The van der Waals surface area contributed by atoms with Gasteiger partial charge in [0.15, 0.2) is 0 Å². The molecule has 1 atom stereocenters. The number of benzene rings is 1. The molecule has 1 aliphatic rings. The molecule has 1 fully saturated rings. The van der Waals surface area contributed by atoms with E-state index in [1.807, 2.05) is 0 Å². The fourth-order valence-electron chi connectivity index (χ4n) is 2.02. The molecule has 0 saturated carbocycles. The third-order valence-electron chi connectivity index (χ3n) is 2.90. The number of primary amides is 1. The highest BCUT2D eigenvalue weighted by molar-refractivity contribution is 6.03. The molecule has 18 heavy (non-hydrogen) atoms.